The molecule has 0 spiro atoms. The summed E-state index contributed by atoms with van der Waals surface area (Å²) in [4.78, 5) is 19.3. The van der Waals surface area contributed by atoms with Crippen molar-refractivity contribution in [2.24, 2.45) is 11.8 Å². The fraction of sp³-hybridized carbons (Fsp3) is 0.619. The van der Waals surface area contributed by atoms with Crippen LogP contribution in [0, 0.1) is 11.8 Å². The van der Waals surface area contributed by atoms with E-state index in [0.29, 0.717) is 5.92 Å². The van der Waals surface area contributed by atoms with Crippen molar-refractivity contribution in [3.63, 3.8) is 0 Å². The number of aromatic nitrogens is 1. The van der Waals surface area contributed by atoms with Crippen molar-refractivity contribution in [2.45, 2.75) is 51.4 Å². The molecule has 5 heteroatoms. The minimum Gasteiger partial charge on any atom is -0.356 e. The van der Waals surface area contributed by atoms with Gasteiger partial charge in [0.15, 0.2) is 5.13 Å². The number of hydrogen-bond donors (Lipinski definition) is 1. The summed E-state index contributed by atoms with van der Waals surface area (Å²) < 4.78 is 1.26. The first-order chi connectivity index (χ1) is 12.8. The van der Waals surface area contributed by atoms with Crippen molar-refractivity contribution in [1.29, 1.82) is 0 Å². The van der Waals surface area contributed by atoms with Gasteiger partial charge in [0.05, 0.1) is 10.2 Å². The SMILES string of the molecule is O=C(CCC1CCCC1)NCC1CCN(c2nc3ccccc3s2)CC1. The second kappa shape index (κ2) is 8.38. The molecular weight excluding hydrogens is 342 g/mol. The lowest BCUT2D eigenvalue weighted by Gasteiger charge is -2.31. The van der Waals surface area contributed by atoms with Crippen molar-refractivity contribution < 1.29 is 4.79 Å². The second-order valence-electron chi connectivity index (χ2n) is 7.89. The molecule has 0 atom stereocenters. The van der Waals surface area contributed by atoms with Gasteiger partial charge in [-0.15, -0.1) is 0 Å². The number of anilines is 1. The Bertz CT molecular complexity index is 697. The maximum atomic E-state index is 12.1. The zero-order valence-corrected chi connectivity index (χ0v) is 16.3. The lowest BCUT2D eigenvalue weighted by Crippen LogP contribution is -2.38. The summed E-state index contributed by atoms with van der Waals surface area (Å²) in [6.07, 6.45) is 9.46. The molecule has 4 nitrogen and oxygen atoms in total. The normalized spacial score (nSPS) is 19.3. The quantitative estimate of drug-likeness (QED) is 0.807. The first kappa shape index (κ1) is 17.8. The summed E-state index contributed by atoms with van der Waals surface area (Å²) in [5.74, 6) is 1.67. The van der Waals surface area contributed by atoms with Crippen molar-refractivity contribution >= 4 is 32.6 Å². The Morgan fingerprint density at radius 1 is 1.12 bits per heavy atom. The minimum absolute atomic E-state index is 0.255. The summed E-state index contributed by atoms with van der Waals surface area (Å²) in [7, 11) is 0. The molecule has 1 N–H and O–H groups in total. The van der Waals surface area contributed by atoms with Gasteiger partial charge >= 0.3 is 0 Å². The van der Waals surface area contributed by atoms with Crippen LogP contribution >= 0.6 is 11.3 Å². The third-order valence-corrected chi connectivity index (χ3v) is 7.11. The van der Waals surface area contributed by atoms with Gasteiger partial charge in [-0.1, -0.05) is 49.2 Å². The zero-order chi connectivity index (χ0) is 17.8. The number of fused-ring (bicyclic) bond motifs is 1. The highest BCUT2D eigenvalue weighted by molar-refractivity contribution is 7.22. The topological polar surface area (TPSA) is 45.2 Å². The molecule has 4 rings (SSSR count). The molecule has 1 saturated heterocycles. The number of carbonyl (C=O) groups is 1. The third kappa shape index (κ3) is 4.37. The Balaban J connectivity index is 1.19. The van der Waals surface area contributed by atoms with Crippen molar-refractivity contribution in [3.8, 4) is 0 Å². The number of nitrogens with one attached hydrogen (secondary N) is 1. The Labute approximate surface area is 160 Å². The van der Waals surface area contributed by atoms with Crippen LogP contribution in [0.2, 0.25) is 0 Å². The van der Waals surface area contributed by atoms with E-state index in [1.54, 1.807) is 11.3 Å². The molecule has 2 aliphatic rings. The van der Waals surface area contributed by atoms with E-state index in [0.717, 1.165) is 61.9 Å². The summed E-state index contributed by atoms with van der Waals surface area (Å²) in [5.41, 5.74) is 1.10. The molecule has 2 aromatic rings. The number of thiazole rings is 1. The van der Waals surface area contributed by atoms with Crippen LogP contribution < -0.4 is 10.2 Å². The lowest BCUT2D eigenvalue weighted by molar-refractivity contribution is -0.121. The molecule has 0 radical (unpaired) electrons. The average Bonchev–Trinajstić information content (AvgIpc) is 3.34. The standard InChI is InChI=1S/C21H29N3OS/c25-20(10-9-16-5-1-2-6-16)22-15-17-11-13-24(14-12-17)21-23-18-7-3-4-8-19(18)26-21/h3-4,7-8,16-17H,1-2,5-6,9-15H2,(H,22,25). The van der Waals surface area contributed by atoms with E-state index in [1.807, 2.05) is 6.07 Å². The number of nitrogens with zero attached hydrogens (tertiary/aromatic N) is 2. The van der Waals surface area contributed by atoms with Gasteiger partial charge in [-0.05, 0) is 43.2 Å². The Kier molecular flexibility index (Phi) is 5.73. The van der Waals surface area contributed by atoms with Crippen LogP contribution in [0.4, 0.5) is 5.13 Å². The van der Waals surface area contributed by atoms with E-state index < -0.39 is 0 Å². The van der Waals surface area contributed by atoms with Gasteiger partial charge in [-0.3, -0.25) is 4.79 Å². The van der Waals surface area contributed by atoms with Gasteiger partial charge in [-0.2, -0.15) is 0 Å². The van der Waals surface area contributed by atoms with Crippen LogP contribution in [0.5, 0.6) is 0 Å². The molecule has 1 saturated carbocycles. The van der Waals surface area contributed by atoms with Crippen molar-refractivity contribution in [2.75, 3.05) is 24.5 Å². The van der Waals surface area contributed by atoms with Crippen LogP contribution in [0.3, 0.4) is 0 Å². The summed E-state index contributed by atoms with van der Waals surface area (Å²) in [5, 5.41) is 4.33. The molecular formula is C21H29N3OS. The van der Waals surface area contributed by atoms with Gasteiger partial charge < -0.3 is 10.2 Å². The van der Waals surface area contributed by atoms with Gasteiger partial charge in [-0.25, -0.2) is 4.98 Å². The molecule has 0 bridgehead atoms. The van der Waals surface area contributed by atoms with Crippen LogP contribution in [-0.4, -0.2) is 30.5 Å². The van der Waals surface area contributed by atoms with Crippen LogP contribution in [0.1, 0.15) is 51.4 Å². The van der Waals surface area contributed by atoms with E-state index >= 15 is 0 Å². The zero-order valence-electron chi connectivity index (χ0n) is 15.5. The highest BCUT2D eigenvalue weighted by atomic mass is 32.1. The smallest absolute Gasteiger partial charge is 0.220 e. The lowest BCUT2D eigenvalue weighted by atomic mass is 9.97. The Morgan fingerprint density at radius 2 is 1.88 bits per heavy atom. The average molecular weight is 372 g/mol. The van der Waals surface area contributed by atoms with Gasteiger partial charge in [0.1, 0.15) is 0 Å². The van der Waals surface area contributed by atoms with Crippen molar-refractivity contribution in [1.82, 2.24) is 10.3 Å². The first-order valence-electron chi connectivity index (χ1n) is 10.1. The highest BCUT2D eigenvalue weighted by Crippen LogP contribution is 2.31. The van der Waals surface area contributed by atoms with Crippen molar-refractivity contribution in [3.05, 3.63) is 24.3 Å². The minimum atomic E-state index is 0.255. The molecule has 2 fully saturated rings. The highest BCUT2D eigenvalue weighted by Gasteiger charge is 2.22. The number of carbonyl (C=O) groups excluding carboxylic acids is 1. The number of hydrogen-bond acceptors (Lipinski definition) is 4. The van der Waals surface area contributed by atoms with E-state index in [4.69, 9.17) is 4.98 Å². The molecule has 1 aromatic heterocycles. The summed E-state index contributed by atoms with van der Waals surface area (Å²) in [6, 6.07) is 8.35. The first-order valence-corrected chi connectivity index (χ1v) is 11.0. The van der Waals surface area contributed by atoms with Crippen LogP contribution in [0.15, 0.2) is 24.3 Å². The van der Waals surface area contributed by atoms with Crippen LogP contribution in [-0.2, 0) is 4.79 Å². The largest absolute Gasteiger partial charge is 0.356 e. The number of rotatable bonds is 6. The predicted octanol–water partition coefficient (Wildman–Crippen LogP) is 4.60. The predicted molar refractivity (Wildman–Crippen MR) is 109 cm³/mol. The summed E-state index contributed by atoms with van der Waals surface area (Å²) in [6.45, 7) is 2.93. The van der Waals surface area contributed by atoms with Crippen LogP contribution in [0.25, 0.3) is 10.2 Å². The fourth-order valence-electron chi connectivity index (χ4n) is 4.30. The second-order valence-corrected chi connectivity index (χ2v) is 8.90. The number of piperidine rings is 1. The van der Waals surface area contributed by atoms with E-state index in [9.17, 15) is 4.79 Å². The van der Waals surface area contributed by atoms with Gasteiger partial charge in [0.25, 0.3) is 0 Å². The Hall–Kier alpha value is -1.62. The Morgan fingerprint density at radius 3 is 2.65 bits per heavy atom. The molecule has 0 unspecified atom stereocenters. The monoisotopic (exact) mass is 371 g/mol. The molecule has 1 aromatic carbocycles. The molecule has 26 heavy (non-hydrogen) atoms. The fourth-order valence-corrected chi connectivity index (χ4v) is 5.32. The number of amides is 1. The molecule has 1 aliphatic carbocycles. The third-order valence-electron chi connectivity index (χ3n) is 6.01. The van der Waals surface area contributed by atoms with E-state index in [2.05, 4.69) is 28.4 Å². The van der Waals surface area contributed by atoms with E-state index in [-0.39, 0.29) is 5.91 Å². The molecule has 2 heterocycles. The molecule has 140 valence electrons. The maximum absolute atomic E-state index is 12.1. The van der Waals surface area contributed by atoms with Gasteiger partial charge in [0.2, 0.25) is 5.91 Å². The number of para-hydroxylation sites is 1. The maximum Gasteiger partial charge on any atom is 0.220 e. The molecule has 1 amide bonds. The van der Waals surface area contributed by atoms with E-state index in [1.165, 1.54) is 30.4 Å². The van der Waals surface area contributed by atoms with Gasteiger partial charge in [0, 0.05) is 26.1 Å². The molecule has 1 aliphatic heterocycles. The summed E-state index contributed by atoms with van der Waals surface area (Å²) >= 11 is 1.79. The number of benzene rings is 1.